The lowest BCUT2D eigenvalue weighted by Crippen LogP contribution is -2.52. The van der Waals surface area contributed by atoms with Crippen molar-refractivity contribution in [3.05, 3.63) is 23.8 Å². The van der Waals surface area contributed by atoms with Gasteiger partial charge >= 0.3 is 0 Å². The van der Waals surface area contributed by atoms with Crippen molar-refractivity contribution in [1.29, 1.82) is 0 Å². The number of carbonyl (C=O) groups is 1. The zero-order valence-electron chi connectivity index (χ0n) is 10.7. The number of amides is 1. The lowest BCUT2D eigenvalue weighted by atomic mass is 9.82. The van der Waals surface area contributed by atoms with E-state index in [-0.39, 0.29) is 23.7 Å². The van der Waals surface area contributed by atoms with E-state index in [4.69, 9.17) is 0 Å². The molecule has 0 saturated heterocycles. The first-order chi connectivity index (χ1) is 9.06. The van der Waals surface area contributed by atoms with Gasteiger partial charge < -0.3 is 20.6 Å². The third-order valence-corrected chi connectivity index (χ3v) is 3.72. The quantitative estimate of drug-likeness (QED) is 0.624. The molecule has 19 heavy (non-hydrogen) atoms. The molecule has 5 nitrogen and oxygen atoms in total. The summed E-state index contributed by atoms with van der Waals surface area (Å²) in [4.78, 5) is 12.2. The number of nitrogens with one attached hydrogen (secondary N) is 1. The van der Waals surface area contributed by atoms with Crippen molar-refractivity contribution in [2.45, 2.75) is 37.6 Å². The van der Waals surface area contributed by atoms with Crippen LogP contribution >= 0.6 is 0 Å². The fraction of sp³-hybridized carbons (Fsp3) is 0.500. The Hall–Kier alpha value is -1.75. The molecule has 1 aromatic carbocycles. The average molecular weight is 265 g/mol. The Balaban J connectivity index is 2.17. The summed E-state index contributed by atoms with van der Waals surface area (Å²) in [6.07, 6.45) is 4.50. The van der Waals surface area contributed by atoms with Crippen LogP contribution in [0.2, 0.25) is 0 Å². The van der Waals surface area contributed by atoms with E-state index >= 15 is 0 Å². The van der Waals surface area contributed by atoms with Crippen LogP contribution in [0.3, 0.4) is 0 Å². The number of carbonyl (C=O) groups excluding carboxylic acids is 1. The second kappa shape index (κ2) is 5.48. The second-order valence-electron chi connectivity index (χ2n) is 5.15. The van der Waals surface area contributed by atoms with Gasteiger partial charge in [0.15, 0.2) is 0 Å². The molecule has 0 spiro atoms. The van der Waals surface area contributed by atoms with Crippen LogP contribution in [0.4, 0.5) is 0 Å². The topological polar surface area (TPSA) is 89.8 Å². The highest BCUT2D eigenvalue weighted by atomic mass is 16.3. The summed E-state index contributed by atoms with van der Waals surface area (Å²) in [5, 5.41) is 31.4. The number of aliphatic hydroxyl groups excluding tert-OH is 1. The molecule has 4 N–H and O–H groups in total. The highest BCUT2D eigenvalue weighted by Gasteiger charge is 2.33. The number of aromatic hydroxyl groups is 2. The van der Waals surface area contributed by atoms with E-state index in [9.17, 15) is 20.1 Å². The summed E-state index contributed by atoms with van der Waals surface area (Å²) in [5.41, 5.74) is -0.578. The van der Waals surface area contributed by atoms with E-state index in [1.54, 1.807) is 0 Å². The first kappa shape index (κ1) is 13.7. The number of aliphatic hydroxyl groups is 1. The van der Waals surface area contributed by atoms with Gasteiger partial charge in [-0.3, -0.25) is 4.79 Å². The molecule has 1 fully saturated rings. The first-order valence-electron chi connectivity index (χ1n) is 6.52. The van der Waals surface area contributed by atoms with Crippen LogP contribution in [0.5, 0.6) is 11.5 Å². The van der Waals surface area contributed by atoms with Gasteiger partial charge in [-0.15, -0.1) is 0 Å². The van der Waals surface area contributed by atoms with Crippen molar-refractivity contribution >= 4 is 5.91 Å². The lowest BCUT2D eigenvalue weighted by molar-refractivity contribution is 0.0756. The third kappa shape index (κ3) is 2.98. The molecule has 0 atom stereocenters. The molecule has 1 saturated carbocycles. The minimum atomic E-state index is -0.604. The Morgan fingerprint density at radius 1 is 1.21 bits per heavy atom. The second-order valence-corrected chi connectivity index (χ2v) is 5.15. The van der Waals surface area contributed by atoms with Crippen LogP contribution in [-0.2, 0) is 0 Å². The van der Waals surface area contributed by atoms with Gasteiger partial charge in [0, 0.05) is 0 Å². The summed E-state index contributed by atoms with van der Waals surface area (Å²) in [7, 11) is 0. The lowest BCUT2D eigenvalue weighted by Gasteiger charge is -2.36. The van der Waals surface area contributed by atoms with Crippen LogP contribution < -0.4 is 5.32 Å². The highest BCUT2D eigenvalue weighted by molar-refractivity contribution is 5.97. The maximum atomic E-state index is 12.2. The Morgan fingerprint density at radius 2 is 1.89 bits per heavy atom. The van der Waals surface area contributed by atoms with Crippen molar-refractivity contribution < 1.29 is 20.1 Å². The predicted octanol–water partition coefficient (Wildman–Crippen LogP) is 1.52. The number of phenolic OH excluding ortho intramolecular Hbond substituents is 2. The average Bonchev–Trinajstić information content (AvgIpc) is 2.42. The molecule has 0 aromatic heterocycles. The zero-order valence-corrected chi connectivity index (χ0v) is 10.7. The van der Waals surface area contributed by atoms with Gasteiger partial charge in [0.25, 0.3) is 5.91 Å². The van der Waals surface area contributed by atoms with E-state index in [1.807, 2.05) is 0 Å². The molecule has 0 unspecified atom stereocenters. The van der Waals surface area contributed by atoms with Crippen molar-refractivity contribution in [3.8, 4) is 11.5 Å². The Bertz CT molecular complexity index is 467. The molecular weight excluding hydrogens is 246 g/mol. The summed E-state index contributed by atoms with van der Waals surface area (Å²) in [5.74, 6) is -0.729. The molecule has 5 heteroatoms. The molecule has 0 aliphatic heterocycles. The molecule has 1 amide bonds. The van der Waals surface area contributed by atoms with E-state index in [1.165, 1.54) is 18.2 Å². The molecule has 0 bridgehead atoms. The van der Waals surface area contributed by atoms with Crippen molar-refractivity contribution in [2.75, 3.05) is 6.61 Å². The molecule has 1 aliphatic carbocycles. The van der Waals surface area contributed by atoms with Crippen molar-refractivity contribution in [2.24, 2.45) is 0 Å². The number of hydrogen-bond donors (Lipinski definition) is 4. The third-order valence-electron chi connectivity index (χ3n) is 3.72. The van der Waals surface area contributed by atoms with Gasteiger partial charge in [-0.1, -0.05) is 19.3 Å². The number of hydrogen-bond acceptors (Lipinski definition) is 4. The summed E-state index contributed by atoms with van der Waals surface area (Å²) in [6.45, 7) is -0.113. The fourth-order valence-corrected chi connectivity index (χ4v) is 2.57. The van der Waals surface area contributed by atoms with Crippen LogP contribution in [0.25, 0.3) is 0 Å². The maximum absolute atomic E-state index is 12.2. The van der Waals surface area contributed by atoms with Gasteiger partial charge in [0.2, 0.25) is 0 Å². The van der Waals surface area contributed by atoms with Gasteiger partial charge in [0.05, 0.1) is 17.7 Å². The van der Waals surface area contributed by atoms with Crippen LogP contribution in [-0.4, -0.2) is 33.4 Å². The monoisotopic (exact) mass is 265 g/mol. The van der Waals surface area contributed by atoms with Gasteiger partial charge in [0.1, 0.15) is 11.5 Å². The van der Waals surface area contributed by atoms with Crippen molar-refractivity contribution in [1.82, 2.24) is 5.32 Å². The maximum Gasteiger partial charge on any atom is 0.255 e. The number of benzene rings is 1. The Labute approximate surface area is 111 Å². The zero-order chi connectivity index (χ0) is 13.9. The molecular formula is C14H19NO4. The minimum Gasteiger partial charge on any atom is -0.508 e. The fourth-order valence-electron chi connectivity index (χ4n) is 2.57. The smallest absolute Gasteiger partial charge is 0.255 e. The number of phenols is 2. The van der Waals surface area contributed by atoms with Gasteiger partial charge in [-0.05, 0) is 31.0 Å². The van der Waals surface area contributed by atoms with E-state index in [0.717, 1.165) is 32.1 Å². The summed E-state index contributed by atoms with van der Waals surface area (Å²) < 4.78 is 0. The van der Waals surface area contributed by atoms with Gasteiger partial charge in [-0.2, -0.15) is 0 Å². The van der Waals surface area contributed by atoms with Crippen LogP contribution in [0, 0.1) is 0 Å². The first-order valence-corrected chi connectivity index (χ1v) is 6.52. The van der Waals surface area contributed by atoms with Crippen LogP contribution in [0.15, 0.2) is 18.2 Å². The largest absolute Gasteiger partial charge is 0.508 e. The molecule has 0 heterocycles. The molecule has 2 rings (SSSR count). The predicted molar refractivity (Wildman–Crippen MR) is 70.1 cm³/mol. The van der Waals surface area contributed by atoms with Crippen LogP contribution in [0.1, 0.15) is 42.5 Å². The SMILES string of the molecule is O=C(NC1(CO)CCCCC1)c1cc(O)ccc1O. The Morgan fingerprint density at radius 3 is 2.53 bits per heavy atom. The summed E-state index contributed by atoms with van der Waals surface area (Å²) >= 11 is 0. The highest BCUT2D eigenvalue weighted by Crippen LogP contribution is 2.29. The summed E-state index contributed by atoms with van der Waals surface area (Å²) in [6, 6.07) is 3.81. The van der Waals surface area contributed by atoms with E-state index in [0.29, 0.717) is 0 Å². The normalized spacial score (nSPS) is 17.9. The van der Waals surface area contributed by atoms with Gasteiger partial charge in [-0.25, -0.2) is 0 Å². The minimum absolute atomic E-state index is 0.0263. The Kier molecular flexibility index (Phi) is 3.95. The standard InChI is InChI=1S/C14H19NO4/c16-9-14(6-2-1-3-7-14)15-13(19)11-8-10(17)4-5-12(11)18/h4-5,8,16-18H,1-3,6-7,9H2,(H,15,19). The van der Waals surface area contributed by atoms with E-state index in [2.05, 4.69) is 5.32 Å². The molecule has 1 aliphatic rings. The van der Waals surface area contributed by atoms with E-state index < -0.39 is 11.4 Å². The molecule has 104 valence electrons. The molecule has 1 aromatic rings. The number of rotatable bonds is 3. The molecule has 0 radical (unpaired) electrons. The van der Waals surface area contributed by atoms with Crippen molar-refractivity contribution in [3.63, 3.8) is 0 Å².